The molecule has 0 N–H and O–H groups in total. The number of rotatable bonds is 3. The van der Waals surface area contributed by atoms with Crippen LogP contribution in [0.1, 0.15) is 21.8 Å². The lowest BCUT2D eigenvalue weighted by molar-refractivity contribution is 0.414. The lowest BCUT2D eigenvalue weighted by Crippen LogP contribution is -1.97. The van der Waals surface area contributed by atoms with Gasteiger partial charge in [0.15, 0.2) is 0 Å². The first kappa shape index (κ1) is 14.3. The second kappa shape index (κ2) is 5.62. The van der Waals surface area contributed by atoms with Crippen molar-refractivity contribution in [3.05, 3.63) is 51.2 Å². The maximum absolute atomic E-state index is 6.33. The number of thiophene rings is 1. The van der Waals surface area contributed by atoms with E-state index in [0.717, 1.165) is 27.4 Å². The number of ether oxygens (including phenoxy) is 1. The van der Waals surface area contributed by atoms with Crippen molar-refractivity contribution in [3.8, 4) is 5.75 Å². The molecule has 0 spiro atoms. The Morgan fingerprint density at radius 1 is 1.14 bits per heavy atom. The van der Waals surface area contributed by atoms with Crippen LogP contribution in [0.4, 0.5) is 0 Å². The zero-order valence-electron chi connectivity index (χ0n) is 12.1. The maximum Gasteiger partial charge on any atom is 0.141 e. The Labute approximate surface area is 132 Å². The number of aromatic nitrogens is 2. The first-order valence-electron chi connectivity index (χ1n) is 6.63. The molecule has 0 aliphatic carbocycles. The van der Waals surface area contributed by atoms with Gasteiger partial charge in [-0.05, 0) is 37.1 Å². The van der Waals surface area contributed by atoms with Crippen molar-refractivity contribution in [3.63, 3.8) is 0 Å². The first-order valence-corrected chi connectivity index (χ1v) is 7.83. The SMILES string of the molecule is COc1ccc(Cc2nc(Cl)c3c(C)c(C)sc3n2)cc1. The fourth-order valence-electron chi connectivity index (χ4n) is 2.25. The van der Waals surface area contributed by atoms with Crippen LogP contribution in [0.3, 0.4) is 0 Å². The second-order valence-electron chi connectivity index (χ2n) is 4.92. The van der Waals surface area contributed by atoms with E-state index in [-0.39, 0.29) is 0 Å². The van der Waals surface area contributed by atoms with E-state index in [2.05, 4.69) is 23.8 Å². The van der Waals surface area contributed by atoms with Crippen molar-refractivity contribution in [2.75, 3.05) is 7.11 Å². The number of halogens is 1. The molecule has 3 nitrogen and oxygen atoms in total. The third-order valence-electron chi connectivity index (χ3n) is 3.55. The van der Waals surface area contributed by atoms with E-state index < -0.39 is 0 Å². The summed E-state index contributed by atoms with van der Waals surface area (Å²) in [5.41, 5.74) is 2.31. The van der Waals surface area contributed by atoms with Gasteiger partial charge in [0.2, 0.25) is 0 Å². The van der Waals surface area contributed by atoms with Crippen LogP contribution in [-0.4, -0.2) is 17.1 Å². The highest BCUT2D eigenvalue weighted by Crippen LogP contribution is 2.33. The summed E-state index contributed by atoms with van der Waals surface area (Å²) < 4.78 is 5.16. The molecule has 1 aromatic carbocycles. The average molecular weight is 319 g/mol. The topological polar surface area (TPSA) is 35.0 Å². The van der Waals surface area contributed by atoms with Crippen molar-refractivity contribution >= 4 is 33.2 Å². The smallest absolute Gasteiger partial charge is 0.141 e. The van der Waals surface area contributed by atoms with Crippen LogP contribution in [0.15, 0.2) is 24.3 Å². The molecule has 0 radical (unpaired) electrons. The van der Waals surface area contributed by atoms with Crippen LogP contribution >= 0.6 is 22.9 Å². The van der Waals surface area contributed by atoms with Crippen molar-refractivity contribution in [1.82, 2.24) is 9.97 Å². The molecule has 3 rings (SSSR count). The largest absolute Gasteiger partial charge is 0.497 e. The molecular formula is C16H15ClN2OS. The lowest BCUT2D eigenvalue weighted by Gasteiger charge is -2.04. The van der Waals surface area contributed by atoms with E-state index in [4.69, 9.17) is 16.3 Å². The summed E-state index contributed by atoms with van der Waals surface area (Å²) in [5, 5.41) is 1.53. The van der Waals surface area contributed by atoms with E-state index in [1.165, 1.54) is 10.4 Å². The zero-order chi connectivity index (χ0) is 15.0. The Bertz CT molecular complexity index is 796. The molecule has 0 fully saturated rings. The molecule has 21 heavy (non-hydrogen) atoms. The first-order chi connectivity index (χ1) is 10.1. The van der Waals surface area contributed by atoms with Gasteiger partial charge in [-0.2, -0.15) is 0 Å². The Balaban J connectivity index is 1.97. The van der Waals surface area contributed by atoms with E-state index >= 15 is 0 Å². The van der Waals surface area contributed by atoms with Crippen LogP contribution in [0, 0.1) is 13.8 Å². The summed E-state index contributed by atoms with van der Waals surface area (Å²) >= 11 is 8.00. The van der Waals surface area contributed by atoms with Gasteiger partial charge in [0.05, 0.1) is 12.5 Å². The quantitative estimate of drug-likeness (QED) is 0.664. The number of hydrogen-bond donors (Lipinski definition) is 0. The van der Waals surface area contributed by atoms with Crippen molar-refractivity contribution < 1.29 is 4.74 Å². The van der Waals surface area contributed by atoms with Gasteiger partial charge in [0.1, 0.15) is 21.6 Å². The Kier molecular flexibility index (Phi) is 3.83. The van der Waals surface area contributed by atoms with E-state index in [0.29, 0.717) is 11.6 Å². The van der Waals surface area contributed by atoms with E-state index in [9.17, 15) is 0 Å². The van der Waals surface area contributed by atoms with Crippen LogP contribution in [0.5, 0.6) is 5.75 Å². The second-order valence-corrected chi connectivity index (χ2v) is 6.48. The van der Waals surface area contributed by atoms with Gasteiger partial charge in [0, 0.05) is 11.3 Å². The molecule has 3 aromatic rings. The highest BCUT2D eigenvalue weighted by Gasteiger charge is 2.13. The molecule has 0 unspecified atom stereocenters. The number of fused-ring (bicyclic) bond motifs is 1. The number of methoxy groups -OCH3 is 1. The molecule has 0 aliphatic rings. The number of aryl methyl sites for hydroxylation is 2. The molecule has 0 bridgehead atoms. The Hall–Kier alpha value is -1.65. The Morgan fingerprint density at radius 2 is 1.86 bits per heavy atom. The molecule has 2 heterocycles. The van der Waals surface area contributed by atoms with Gasteiger partial charge >= 0.3 is 0 Å². The molecular weight excluding hydrogens is 304 g/mol. The monoisotopic (exact) mass is 318 g/mol. The zero-order valence-corrected chi connectivity index (χ0v) is 13.7. The summed E-state index contributed by atoms with van der Waals surface area (Å²) in [4.78, 5) is 11.3. The van der Waals surface area contributed by atoms with Gasteiger partial charge in [0.25, 0.3) is 0 Å². The minimum absolute atomic E-state index is 0.547. The van der Waals surface area contributed by atoms with Crippen LogP contribution < -0.4 is 4.74 Å². The van der Waals surface area contributed by atoms with Gasteiger partial charge in [-0.25, -0.2) is 9.97 Å². The molecule has 0 saturated heterocycles. The highest BCUT2D eigenvalue weighted by molar-refractivity contribution is 7.18. The fraction of sp³-hybridized carbons (Fsp3) is 0.250. The third kappa shape index (κ3) is 2.74. The Morgan fingerprint density at radius 3 is 2.52 bits per heavy atom. The third-order valence-corrected chi connectivity index (χ3v) is 4.93. The van der Waals surface area contributed by atoms with Crippen molar-refractivity contribution in [1.29, 1.82) is 0 Å². The van der Waals surface area contributed by atoms with Crippen molar-refractivity contribution in [2.24, 2.45) is 0 Å². The maximum atomic E-state index is 6.33. The molecule has 2 aromatic heterocycles. The summed E-state index contributed by atoms with van der Waals surface area (Å²) in [6, 6.07) is 7.92. The molecule has 108 valence electrons. The van der Waals surface area contributed by atoms with Crippen LogP contribution in [0.25, 0.3) is 10.2 Å². The van der Waals surface area contributed by atoms with E-state index in [1.54, 1.807) is 18.4 Å². The van der Waals surface area contributed by atoms with Crippen LogP contribution in [-0.2, 0) is 6.42 Å². The molecule has 0 atom stereocenters. The van der Waals surface area contributed by atoms with Gasteiger partial charge in [-0.15, -0.1) is 11.3 Å². The average Bonchev–Trinajstić information content (AvgIpc) is 2.75. The number of hydrogen-bond acceptors (Lipinski definition) is 4. The fourth-order valence-corrected chi connectivity index (χ4v) is 3.68. The summed E-state index contributed by atoms with van der Waals surface area (Å²) in [5.74, 6) is 1.59. The molecule has 5 heteroatoms. The number of benzene rings is 1. The van der Waals surface area contributed by atoms with E-state index in [1.807, 2.05) is 24.3 Å². The van der Waals surface area contributed by atoms with Gasteiger partial charge < -0.3 is 4.74 Å². The summed E-state index contributed by atoms with van der Waals surface area (Å²) in [6.45, 7) is 4.15. The van der Waals surface area contributed by atoms with Crippen molar-refractivity contribution in [2.45, 2.75) is 20.3 Å². The lowest BCUT2D eigenvalue weighted by atomic mass is 10.1. The minimum atomic E-state index is 0.547. The molecule has 0 amide bonds. The highest BCUT2D eigenvalue weighted by atomic mass is 35.5. The number of nitrogens with zero attached hydrogens (tertiary/aromatic N) is 2. The molecule has 0 aliphatic heterocycles. The standard InChI is InChI=1S/C16H15ClN2OS/c1-9-10(2)21-16-14(9)15(17)18-13(19-16)8-11-4-6-12(20-3)7-5-11/h4-7H,8H2,1-3H3. The van der Waals surface area contributed by atoms with Crippen LogP contribution in [0.2, 0.25) is 5.15 Å². The molecule has 0 saturated carbocycles. The van der Waals surface area contributed by atoms with Gasteiger partial charge in [-0.1, -0.05) is 23.7 Å². The predicted molar refractivity (Wildman–Crippen MR) is 87.7 cm³/mol. The summed E-state index contributed by atoms with van der Waals surface area (Å²) in [6.07, 6.45) is 0.662. The van der Waals surface area contributed by atoms with Gasteiger partial charge in [-0.3, -0.25) is 0 Å². The minimum Gasteiger partial charge on any atom is -0.497 e. The normalized spacial score (nSPS) is 11.0. The predicted octanol–water partition coefficient (Wildman–Crippen LogP) is 4.56. The summed E-state index contributed by atoms with van der Waals surface area (Å²) in [7, 11) is 1.66.